The smallest absolute Gasteiger partial charge is 0.156 e. The Morgan fingerprint density at radius 3 is 2.53 bits per heavy atom. The number of oxime groups is 1. The lowest BCUT2D eigenvalue weighted by Crippen LogP contribution is -2.41. The normalized spacial score (nSPS) is 14.0. The second-order valence-electron chi connectivity index (χ2n) is 3.99. The molecule has 0 amide bonds. The van der Waals surface area contributed by atoms with Crippen LogP contribution in [-0.4, -0.2) is 29.0 Å². The van der Waals surface area contributed by atoms with E-state index in [2.05, 4.69) is 5.16 Å². The third-order valence-corrected chi connectivity index (χ3v) is 2.97. The molecule has 1 aromatic carbocycles. The van der Waals surface area contributed by atoms with Crippen molar-refractivity contribution in [2.75, 3.05) is 7.05 Å². The molecule has 0 fully saturated rings. The molecule has 5 heteroatoms. The van der Waals surface area contributed by atoms with Crippen LogP contribution in [0, 0.1) is 0 Å². The summed E-state index contributed by atoms with van der Waals surface area (Å²) in [6, 6.07) is 7.59. The number of amidine groups is 1. The predicted octanol–water partition coefficient (Wildman–Crippen LogP) is 2.30. The summed E-state index contributed by atoms with van der Waals surface area (Å²) < 4.78 is 0. The maximum atomic E-state index is 8.71. The van der Waals surface area contributed by atoms with Crippen LogP contribution in [-0.2, 0) is 6.54 Å². The molecule has 0 bridgehead atoms. The molecule has 94 valence electrons. The van der Waals surface area contributed by atoms with E-state index in [4.69, 9.17) is 22.5 Å². The van der Waals surface area contributed by atoms with E-state index < -0.39 is 0 Å². The van der Waals surface area contributed by atoms with E-state index in [1.165, 1.54) is 0 Å². The molecule has 0 aliphatic rings. The van der Waals surface area contributed by atoms with Crippen LogP contribution < -0.4 is 5.73 Å². The monoisotopic (exact) mass is 255 g/mol. The summed E-state index contributed by atoms with van der Waals surface area (Å²) in [5, 5.41) is 12.5. The SMILES string of the molecule is CCC(C(N)=NO)N(C)Cc1ccc(Cl)cc1. The third kappa shape index (κ3) is 3.91. The lowest BCUT2D eigenvalue weighted by Gasteiger charge is -2.25. The number of hydrogen-bond donors (Lipinski definition) is 2. The fourth-order valence-electron chi connectivity index (χ4n) is 1.80. The second kappa shape index (κ2) is 6.47. The average Bonchev–Trinajstić information content (AvgIpc) is 2.32. The van der Waals surface area contributed by atoms with E-state index in [1.54, 1.807) is 0 Å². The summed E-state index contributed by atoms with van der Waals surface area (Å²) in [5.74, 6) is 0.240. The molecule has 0 spiro atoms. The molecular formula is C12H18ClN3O. The highest BCUT2D eigenvalue weighted by Gasteiger charge is 2.17. The van der Waals surface area contributed by atoms with Crippen molar-refractivity contribution in [1.29, 1.82) is 0 Å². The van der Waals surface area contributed by atoms with Gasteiger partial charge in [0.15, 0.2) is 5.84 Å². The summed E-state index contributed by atoms with van der Waals surface area (Å²) in [6.45, 7) is 2.73. The van der Waals surface area contributed by atoms with Crippen molar-refractivity contribution in [3.05, 3.63) is 34.9 Å². The standard InChI is InChI=1S/C12H18ClN3O/c1-3-11(12(14)15-17)16(2)8-9-4-6-10(13)7-5-9/h4-7,11,17H,3,8H2,1-2H3,(H2,14,15). The van der Waals surface area contributed by atoms with Crippen LogP contribution in [0.25, 0.3) is 0 Å². The Balaban J connectivity index is 2.70. The van der Waals surface area contributed by atoms with Crippen molar-refractivity contribution in [2.45, 2.75) is 25.9 Å². The van der Waals surface area contributed by atoms with Gasteiger partial charge in [0, 0.05) is 11.6 Å². The molecule has 0 aliphatic carbocycles. The lowest BCUT2D eigenvalue weighted by atomic mass is 10.1. The minimum Gasteiger partial charge on any atom is -0.409 e. The van der Waals surface area contributed by atoms with Gasteiger partial charge in [-0.15, -0.1) is 0 Å². The number of likely N-dealkylation sites (N-methyl/N-ethyl adjacent to an activating group) is 1. The molecule has 0 heterocycles. The molecule has 0 radical (unpaired) electrons. The van der Waals surface area contributed by atoms with Crippen LogP contribution in [0.4, 0.5) is 0 Å². The first kappa shape index (κ1) is 13.8. The molecule has 0 aliphatic heterocycles. The molecule has 4 nitrogen and oxygen atoms in total. The number of benzene rings is 1. The molecule has 1 rings (SSSR count). The fourth-order valence-corrected chi connectivity index (χ4v) is 1.93. The third-order valence-electron chi connectivity index (χ3n) is 2.72. The Hall–Kier alpha value is -1.26. The summed E-state index contributed by atoms with van der Waals surface area (Å²) >= 11 is 5.83. The topological polar surface area (TPSA) is 61.9 Å². The van der Waals surface area contributed by atoms with Crippen molar-refractivity contribution >= 4 is 17.4 Å². The van der Waals surface area contributed by atoms with Crippen LogP contribution in [0.5, 0.6) is 0 Å². The Morgan fingerprint density at radius 1 is 1.47 bits per heavy atom. The average molecular weight is 256 g/mol. The highest BCUT2D eigenvalue weighted by atomic mass is 35.5. The molecule has 0 saturated heterocycles. The van der Waals surface area contributed by atoms with Crippen LogP contribution in [0.2, 0.25) is 5.02 Å². The van der Waals surface area contributed by atoms with E-state index in [9.17, 15) is 0 Å². The summed E-state index contributed by atoms with van der Waals surface area (Å²) in [6.07, 6.45) is 0.792. The van der Waals surface area contributed by atoms with Crippen molar-refractivity contribution < 1.29 is 5.21 Å². The molecule has 1 atom stereocenters. The van der Waals surface area contributed by atoms with Gasteiger partial charge in [-0.1, -0.05) is 35.8 Å². The number of halogens is 1. The first-order valence-electron chi connectivity index (χ1n) is 5.50. The quantitative estimate of drug-likeness (QED) is 0.367. The Labute approximate surface area is 107 Å². The summed E-state index contributed by atoms with van der Waals surface area (Å²) in [5.41, 5.74) is 6.78. The number of nitrogens with two attached hydrogens (primary N) is 1. The van der Waals surface area contributed by atoms with Crippen LogP contribution in [0.15, 0.2) is 29.4 Å². The van der Waals surface area contributed by atoms with Crippen molar-refractivity contribution in [2.24, 2.45) is 10.9 Å². The zero-order chi connectivity index (χ0) is 12.8. The van der Waals surface area contributed by atoms with E-state index >= 15 is 0 Å². The molecule has 1 unspecified atom stereocenters. The zero-order valence-electron chi connectivity index (χ0n) is 10.1. The van der Waals surface area contributed by atoms with Gasteiger partial charge in [0.25, 0.3) is 0 Å². The molecule has 17 heavy (non-hydrogen) atoms. The maximum absolute atomic E-state index is 8.71. The summed E-state index contributed by atoms with van der Waals surface area (Å²) in [7, 11) is 1.95. The van der Waals surface area contributed by atoms with Crippen LogP contribution in [0.1, 0.15) is 18.9 Å². The highest BCUT2D eigenvalue weighted by Crippen LogP contribution is 2.13. The van der Waals surface area contributed by atoms with Gasteiger partial charge in [-0.25, -0.2) is 0 Å². The minimum absolute atomic E-state index is 0.0596. The molecule has 1 aromatic rings. The minimum atomic E-state index is -0.0596. The second-order valence-corrected chi connectivity index (χ2v) is 4.43. The van der Waals surface area contributed by atoms with Gasteiger partial charge >= 0.3 is 0 Å². The number of nitrogens with zero attached hydrogens (tertiary/aromatic N) is 2. The largest absolute Gasteiger partial charge is 0.409 e. The Bertz CT molecular complexity index is 378. The maximum Gasteiger partial charge on any atom is 0.156 e. The van der Waals surface area contributed by atoms with Crippen LogP contribution in [0.3, 0.4) is 0 Å². The first-order valence-corrected chi connectivity index (χ1v) is 5.88. The molecule has 3 N–H and O–H groups in total. The van der Waals surface area contributed by atoms with Gasteiger partial charge in [0.05, 0.1) is 6.04 Å². The van der Waals surface area contributed by atoms with Gasteiger partial charge in [-0.2, -0.15) is 0 Å². The Morgan fingerprint density at radius 2 is 2.06 bits per heavy atom. The number of rotatable bonds is 5. The van der Waals surface area contributed by atoms with Crippen molar-refractivity contribution in [3.8, 4) is 0 Å². The fraction of sp³-hybridized carbons (Fsp3) is 0.417. The zero-order valence-corrected chi connectivity index (χ0v) is 10.9. The molecule has 0 aromatic heterocycles. The van der Waals surface area contributed by atoms with E-state index in [-0.39, 0.29) is 11.9 Å². The molecule has 0 saturated carbocycles. The van der Waals surface area contributed by atoms with E-state index in [0.29, 0.717) is 0 Å². The van der Waals surface area contributed by atoms with E-state index in [0.717, 1.165) is 23.6 Å². The van der Waals surface area contributed by atoms with Gasteiger partial charge < -0.3 is 10.9 Å². The van der Waals surface area contributed by atoms with Crippen molar-refractivity contribution in [3.63, 3.8) is 0 Å². The lowest BCUT2D eigenvalue weighted by molar-refractivity contribution is 0.264. The van der Waals surface area contributed by atoms with Crippen molar-refractivity contribution in [1.82, 2.24) is 4.90 Å². The van der Waals surface area contributed by atoms with Gasteiger partial charge in [-0.3, -0.25) is 4.90 Å². The first-order chi connectivity index (χ1) is 8.08. The molecular weight excluding hydrogens is 238 g/mol. The van der Waals surface area contributed by atoms with Gasteiger partial charge in [-0.05, 0) is 31.2 Å². The van der Waals surface area contributed by atoms with Crippen LogP contribution >= 0.6 is 11.6 Å². The van der Waals surface area contributed by atoms with E-state index in [1.807, 2.05) is 43.1 Å². The number of hydrogen-bond acceptors (Lipinski definition) is 3. The van der Waals surface area contributed by atoms with Gasteiger partial charge in [0.2, 0.25) is 0 Å². The van der Waals surface area contributed by atoms with Gasteiger partial charge in [0.1, 0.15) is 0 Å². The summed E-state index contributed by atoms with van der Waals surface area (Å²) in [4.78, 5) is 2.04. The Kier molecular flexibility index (Phi) is 5.25. The predicted molar refractivity (Wildman–Crippen MR) is 70.4 cm³/mol. The highest BCUT2D eigenvalue weighted by molar-refractivity contribution is 6.30.